The molecule has 0 fully saturated rings. The van der Waals surface area contributed by atoms with Gasteiger partial charge in [-0.1, -0.05) is 6.92 Å². The van der Waals surface area contributed by atoms with Crippen LogP contribution in [0.25, 0.3) is 0 Å². The molecule has 2 aromatic heterocycles. The second-order valence-corrected chi connectivity index (χ2v) is 7.00. The van der Waals surface area contributed by atoms with Crippen LogP contribution in [0, 0.1) is 0 Å². The van der Waals surface area contributed by atoms with Gasteiger partial charge in [0.1, 0.15) is 15.7 Å². The molecule has 0 radical (unpaired) electrons. The van der Waals surface area contributed by atoms with Crippen molar-refractivity contribution in [3.8, 4) is 0 Å². The third-order valence-corrected chi connectivity index (χ3v) is 5.21. The Balaban J connectivity index is 2.17. The molecule has 21 heavy (non-hydrogen) atoms. The molecule has 0 aliphatic carbocycles. The lowest BCUT2D eigenvalue weighted by Gasteiger charge is -2.14. The Morgan fingerprint density at radius 2 is 2.10 bits per heavy atom. The lowest BCUT2D eigenvalue weighted by Crippen LogP contribution is -2.28. The molecule has 0 aliphatic heterocycles. The van der Waals surface area contributed by atoms with Gasteiger partial charge in [-0.15, -0.1) is 11.3 Å². The maximum atomic E-state index is 12.4. The lowest BCUT2D eigenvalue weighted by molar-refractivity contribution is 0.548. The van der Waals surface area contributed by atoms with E-state index in [1.165, 1.54) is 17.5 Å². The van der Waals surface area contributed by atoms with Crippen molar-refractivity contribution in [1.82, 2.24) is 14.7 Å². The van der Waals surface area contributed by atoms with E-state index in [1.54, 1.807) is 18.3 Å². The predicted molar refractivity (Wildman–Crippen MR) is 83.9 cm³/mol. The molecule has 2 N–H and O–H groups in total. The van der Waals surface area contributed by atoms with E-state index in [1.807, 2.05) is 19.2 Å². The van der Waals surface area contributed by atoms with Crippen LogP contribution in [0.3, 0.4) is 0 Å². The number of aromatic nitrogens is 2. The topological polar surface area (TPSA) is 84.0 Å². The Morgan fingerprint density at radius 3 is 2.62 bits per heavy atom. The molecule has 0 saturated heterocycles. The van der Waals surface area contributed by atoms with Gasteiger partial charge in [-0.3, -0.25) is 0 Å². The summed E-state index contributed by atoms with van der Waals surface area (Å²) in [6, 6.07) is 2.88. The number of hydrogen-bond acceptors (Lipinski definition) is 6. The molecular formula is C13H18N4O2S2. The highest BCUT2D eigenvalue weighted by molar-refractivity contribution is 7.89. The fourth-order valence-electron chi connectivity index (χ4n) is 1.80. The molecule has 2 heterocycles. The van der Waals surface area contributed by atoms with Gasteiger partial charge < -0.3 is 5.32 Å². The number of nitrogens with one attached hydrogen (secondary N) is 2. The normalized spacial score (nSPS) is 13.0. The van der Waals surface area contributed by atoms with E-state index >= 15 is 0 Å². The van der Waals surface area contributed by atoms with Gasteiger partial charge >= 0.3 is 0 Å². The summed E-state index contributed by atoms with van der Waals surface area (Å²) in [5.74, 6) is 0.656. The van der Waals surface area contributed by atoms with Gasteiger partial charge in [0.05, 0.1) is 6.04 Å². The number of rotatable bonds is 7. The second-order valence-electron chi connectivity index (χ2n) is 4.36. The van der Waals surface area contributed by atoms with Crippen LogP contribution in [0.15, 0.2) is 34.8 Å². The number of sulfonamides is 1. The Labute approximate surface area is 128 Å². The van der Waals surface area contributed by atoms with E-state index in [2.05, 4.69) is 20.0 Å². The van der Waals surface area contributed by atoms with Crippen molar-refractivity contribution < 1.29 is 8.42 Å². The van der Waals surface area contributed by atoms with Crippen LogP contribution >= 0.6 is 11.3 Å². The van der Waals surface area contributed by atoms with E-state index in [4.69, 9.17) is 0 Å². The summed E-state index contributed by atoms with van der Waals surface area (Å²) >= 11 is 1.44. The van der Waals surface area contributed by atoms with Gasteiger partial charge in [-0.2, -0.15) is 0 Å². The quantitative estimate of drug-likeness (QED) is 0.816. The Hall–Kier alpha value is -1.51. The number of thiazole rings is 1. The Morgan fingerprint density at radius 1 is 1.29 bits per heavy atom. The fraction of sp³-hybridized carbons (Fsp3) is 0.385. The summed E-state index contributed by atoms with van der Waals surface area (Å²) in [6.45, 7) is 4.61. The third-order valence-electron chi connectivity index (χ3n) is 2.86. The Kier molecular flexibility index (Phi) is 5.27. The van der Waals surface area contributed by atoms with Crippen LogP contribution in [-0.4, -0.2) is 24.9 Å². The minimum Gasteiger partial charge on any atom is -0.370 e. The minimum atomic E-state index is -3.60. The van der Waals surface area contributed by atoms with Gasteiger partial charge in [0.2, 0.25) is 10.0 Å². The van der Waals surface area contributed by atoms with Gasteiger partial charge in [0.25, 0.3) is 0 Å². The lowest BCUT2D eigenvalue weighted by atomic mass is 10.3. The first kappa shape index (κ1) is 15.9. The molecule has 1 atom stereocenters. The van der Waals surface area contributed by atoms with E-state index in [0.29, 0.717) is 12.2 Å². The van der Waals surface area contributed by atoms with Crippen LogP contribution in [0.2, 0.25) is 0 Å². The molecule has 6 nitrogen and oxygen atoms in total. The molecule has 114 valence electrons. The fourth-order valence-corrected chi connectivity index (χ4v) is 3.87. The van der Waals surface area contributed by atoms with Crippen LogP contribution in [0.4, 0.5) is 5.82 Å². The molecular weight excluding hydrogens is 308 g/mol. The van der Waals surface area contributed by atoms with Crippen molar-refractivity contribution in [2.45, 2.75) is 31.2 Å². The van der Waals surface area contributed by atoms with Crippen molar-refractivity contribution in [1.29, 1.82) is 0 Å². The van der Waals surface area contributed by atoms with E-state index in [-0.39, 0.29) is 10.9 Å². The number of pyridine rings is 1. The van der Waals surface area contributed by atoms with Crippen molar-refractivity contribution in [2.75, 3.05) is 11.9 Å². The molecule has 0 aromatic carbocycles. The molecule has 2 rings (SSSR count). The van der Waals surface area contributed by atoms with Gasteiger partial charge in [0, 0.05) is 24.3 Å². The molecule has 0 aliphatic rings. The highest BCUT2D eigenvalue weighted by Gasteiger charge is 2.22. The van der Waals surface area contributed by atoms with E-state index < -0.39 is 10.0 Å². The molecule has 0 spiro atoms. The first-order chi connectivity index (χ1) is 10.1. The van der Waals surface area contributed by atoms with Crippen molar-refractivity contribution >= 4 is 27.2 Å². The largest absolute Gasteiger partial charge is 0.370 e. The van der Waals surface area contributed by atoms with E-state index in [0.717, 1.165) is 11.6 Å². The van der Waals surface area contributed by atoms with Crippen LogP contribution in [0.1, 0.15) is 31.3 Å². The standard InChI is InChI=1S/C13H18N4O2S2/c1-3-11(13-15-7-8-20-13)17-21(18,19)10-5-6-12(14-4-2)16-9-10/h5-9,11,17H,3-4H2,1-2H3,(H,14,16). The van der Waals surface area contributed by atoms with Gasteiger partial charge in [0.15, 0.2) is 0 Å². The van der Waals surface area contributed by atoms with E-state index in [9.17, 15) is 8.42 Å². The zero-order valence-electron chi connectivity index (χ0n) is 11.9. The van der Waals surface area contributed by atoms with Crippen molar-refractivity contribution in [3.05, 3.63) is 34.9 Å². The molecule has 0 bridgehead atoms. The smallest absolute Gasteiger partial charge is 0.242 e. The molecule has 0 amide bonds. The summed E-state index contributed by atoms with van der Waals surface area (Å²) in [6.07, 6.45) is 3.66. The first-order valence-electron chi connectivity index (χ1n) is 6.68. The number of anilines is 1. The summed E-state index contributed by atoms with van der Waals surface area (Å²) in [7, 11) is -3.60. The number of hydrogen-bond donors (Lipinski definition) is 2. The maximum Gasteiger partial charge on any atom is 0.242 e. The Bertz CT molecular complexity index is 654. The molecule has 0 saturated carbocycles. The first-order valence-corrected chi connectivity index (χ1v) is 9.04. The molecule has 1 unspecified atom stereocenters. The number of nitrogens with zero attached hydrogens (tertiary/aromatic N) is 2. The van der Waals surface area contributed by atoms with Crippen LogP contribution < -0.4 is 10.0 Å². The summed E-state index contributed by atoms with van der Waals surface area (Å²) < 4.78 is 27.4. The zero-order chi connectivity index (χ0) is 15.3. The third kappa shape index (κ3) is 3.99. The van der Waals surface area contributed by atoms with Gasteiger partial charge in [-0.05, 0) is 25.5 Å². The summed E-state index contributed by atoms with van der Waals surface area (Å²) in [4.78, 5) is 8.41. The monoisotopic (exact) mass is 326 g/mol. The SMILES string of the molecule is CCNc1ccc(S(=O)(=O)NC(CC)c2nccs2)cn1. The predicted octanol–water partition coefficient (Wildman–Crippen LogP) is 2.40. The highest BCUT2D eigenvalue weighted by atomic mass is 32.2. The maximum absolute atomic E-state index is 12.4. The van der Waals surface area contributed by atoms with Crippen LogP contribution in [0.5, 0.6) is 0 Å². The van der Waals surface area contributed by atoms with Crippen LogP contribution in [-0.2, 0) is 10.0 Å². The van der Waals surface area contributed by atoms with Crippen molar-refractivity contribution in [3.63, 3.8) is 0 Å². The minimum absolute atomic E-state index is 0.152. The second kappa shape index (κ2) is 6.97. The molecule has 2 aromatic rings. The zero-order valence-corrected chi connectivity index (χ0v) is 13.5. The summed E-state index contributed by atoms with van der Waals surface area (Å²) in [5.41, 5.74) is 0. The van der Waals surface area contributed by atoms with Crippen molar-refractivity contribution in [2.24, 2.45) is 0 Å². The average molecular weight is 326 g/mol. The summed E-state index contributed by atoms with van der Waals surface area (Å²) in [5, 5.41) is 5.62. The highest BCUT2D eigenvalue weighted by Crippen LogP contribution is 2.22. The van der Waals surface area contributed by atoms with Gasteiger partial charge in [-0.25, -0.2) is 23.1 Å². The molecule has 8 heteroatoms. The average Bonchev–Trinajstić information content (AvgIpc) is 3.00.